The predicted molar refractivity (Wildman–Crippen MR) is 74.5 cm³/mol. The Morgan fingerprint density at radius 3 is 2.69 bits per heavy atom. The van der Waals surface area contributed by atoms with E-state index in [9.17, 15) is 4.39 Å². The molecule has 0 aliphatic rings. The summed E-state index contributed by atoms with van der Waals surface area (Å²) in [7, 11) is 0. The number of hydrogen-bond acceptors (Lipinski definition) is 2. The summed E-state index contributed by atoms with van der Waals surface area (Å²) in [5.41, 5.74) is 7.01. The van der Waals surface area contributed by atoms with E-state index >= 15 is 0 Å². The summed E-state index contributed by atoms with van der Waals surface area (Å²) < 4.78 is 13.8. The summed E-state index contributed by atoms with van der Waals surface area (Å²) in [6, 6.07) is 6.12. The predicted octanol–water partition coefficient (Wildman–Crippen LogP) is 4.19. The summed E-state index contributed by atoms with van der Waals surface area (Å²) in [5, 5.41) is 2.56. The van der Waals surface area contributed by atoms with Crippen molar-refractivity contribution in [2.75, 3.05) is 0 Å². The Kier molecular flexibility index (Phi) is 3.84. The lowest BCUT2D eigenvalue weighted by Gasteiger charge is -2.13. The SMILES string of the molecule is NC(c1ccc(F)cc1I)c1sccc1Cl. The third-order valence-corrected chi connectivity index (χ3v) is 4.60. The molecular weight excluding hydrogens is 360 g/mol. The number of thiophene rings is 1. The molecule has 1 nitrogen and oxygen atoms in total. The first-order valence-corrected chi connectivity index (χ1v) is 6.86. The maximum absolute atomic E-state index is 13.0. The number of halogens is 3. The van der Waals surface area contributed by atoms with Crippen LogP contribution in [-0.4, -0.2) is 0 Å². The van der Waals surface area contributed by atoms with Crippen molar-refractivity contribution in [2.45, 2.75) is 6.04 Å². The third kappa shape index (κ3) is 2.40. The zero-order valence-corrected chi connectivity index (χ0v) is 11.8. The van der Waals surface area contributed by atoms with Crippen LogP contribution >= 0.6 is 45.5 Å². The molecule has 2 N–H and O–H groups in total. The van der Waals surface area contributed by atoms with Crippen molar-refractivity contribution in [1.82, 2.24) is 0 Å². The second-order valence-electron chi connectivity index (χ2n) is 3.28. The number of benzene rings is 1. The molecule has 0 aliphatic carbocycles. The first kappa shape index (κ1) is 12.3. The van der Waals surface area contributed by atoms with Crippen LogP contribution in [-0.2, 0) is 0 Å². The lowest BCUT2D eigenvalue weighted by Crippen LogP contribution is -2.12. The second kappa shape index (κ2) is 5.00. The topological polar surface area (TPSA) is 26.0 Å². The Morgan fingerprint density at radius 1 is 1.38 bits per heavy atom. The summed E-state index contributed by atoms with van der Waals surface area (Å²) in [5.74, 6) is -0.252. The molecule has 16 heavy (non-hydrogen) atoms. The van der Waals surface area contributed by atoms with Gasteiger partial charge in [-0.2, -0.15) is 0 Å². The molecule has 1 aromatic carbocycles. The zero-order chi connectivity index (χ0) is 11.7. The van der Waals surface area contributed by atoms with Crippen molar-refractivity contribution < 1.29 is 4.39 Å². The molecule has 5 heteroatoms. The maximum Gasteiger partial charge on any atom is 0.124 e. The minimum Gasteiger partial charge on any atom is -0.320 e. The van der Waals surface area contributed by atoms with Gasteiger partial charge in [0.25, 0.3) is 0 Å². The van der Waals surface area contributed by atoms with E-state index in [-0.39, 0.29) is 11.9 Å². The van der Waals surface area contributed by atoms with Gasteiger partial charge in [0.1, 0.15) is 5.82 Å². The number of rotatable bonds is 2. The average Bonchev–Trinajstić information content (AvgIpc) is 2.63. The minimum absolute atomic E-state index is 0.252. The highest BCUT2D eigenvalue weighted by Gasteiger charge is 2.16. The van der Waals surface area contributed by atoms with Crippen molar-refractivity contribution in [3.63, 3.8) is 0 Å². The van der Waals surface area contributed by atoms with Crippen LogP contribution in [0.5, 0.6) is 0 Å². The molecule has 0 radical (unpaired) electrons. The molecule has 2 aromatic rings. The van der Waals surface area contributed by atoms with Crippen LogP contribution in [0.2, 0.25) is 5.02 Å². The molecule has 0 amide bonds. The van der Waals surface area contributed by atoms with Crippen molar-refractivity contribution in [3.8, 4) is 0 Å². The van der Waals surface area contributed by atoms with Crippen LogP contribution in [0.1, 0.15) is 16.5 Å². The molecule has 0 aliphatic heterocycles. The van der Waals surface area contributed by atoms with Crippen LogP contribution in [0.15, 0.2) is 29.6 Å². The number of nitrogens with two attached hydrogens (primary N) is 1. The Balaban J connectivity index is 2.41. The average molecular weight is 368 g/mol. The van der Waals surface area contributed by atoms with Gasteiger partial charge in [0, 0.05) is 8.45 Å². The van der Waals surface area contributed by atoms with Crippen LogP contribution in [0.4, 0.5) is 4.39 Å². The van der Waals surface area contributed by atoms with Gasteiger partial charge in [-0.15, -0.1) is 11.3 Å². The van der Waals surface area contributed by atoms with E-state index in [1.54, 1.807) is 6.07 Å². The van der Waals surface area contributed by atoms with Gasteiger partial charge in [0.05, 0.1) is 11.1 Å². The summed E-state index contributed by atoms with van der Waals surface area (Å²) >= 11 is 9.61. The van der Waals surface area contributed by atoms with Gasteiger partial charge in [-0.3, -0.25) is 0 Å². The molecule has 0 saturated carbocycles. The zero-order valence-electron chi connectivity index (χ0n) is 8.08. The first-order valence-electron chi connectivity index (χ1n) is 4.53. The first-order chi connectivity index (χ1) is 7.59. The van der Waals surface area contributed by atoms with Gasteiger partial charge in [-0.05, 0) is 51.7 Å². The fourth-order valence-electron chi connectivity index (χ4n) is 1.42. The van der Waals surface area contributed by atoms with Crippen LogP contribution in [0.3, 0.4) is 0 Å². The monoisotopic (exact) mass is 367 g/mol. The molecule has 1 aromatic heterocycles. The molecule has 1 heterocycles. The molecule has 84 valence electrons. The maximum atomic E-state index is 13.0. The number of hydrogen-bond donors (Lipinski definition) is 1. The Hall–Kier alpha value is -0.170. The molecule has 0 spiro atoms. The van der Waals surface area contributed by atoms with Gasteiger partial charge >= 0.3 is 0 Å². The highest BCUT2D eigenvalue weighted by atomic mass is 127. The molecule has 0 fully saturated rings. The van der Waals surface area contributed by atoms with Crippen molar-refractivity contribution in [1.29, 1.82) is 0 Å². The quantitative estimate of drug-likeness (QED) is 0.791. The van der Waals surface area contributed by atoms with E-state index in [2.05, 4.69) is 22.6 Å². The van der Waals surface area contributed by atoms with Crippen LogP contribution in [0.25, 0.3) is 0 Å². The van der Waals surface area contributed by atoms with Gasteiger partial charge in [-0.1, -0.05) is 17.7 Å². The van der Waals surface area contributed by atoms with Crippen molar-refractivity contribution >= 4 is 45.5 Å². The fourth-order valence-corrected chi connectivity index (χ4v) is 3.43. The standard InChI is InChI=1S/C11H8ClFINS/c12-8-3-4-16-11(8)10(15)7-2-1-6(13)5-9(7)14/h1-5,10H,15H2. The van der Waals surface area contributed by atoms with Crippen LogP contribution < -0.4 is 5.73 Å². The fraction of sp³-hybridized carbons (Fsp3) is 0.0909. The Morgan fingerprint density at radius 2 is 2.12 bits per heavy atom. The molecule has 0 saturated heterocycles. The van der Waals surface area contributed by atoms with E-state index in [1.807, 2.05) is 11.4 Å². The van der Waals surface area contributed by atoms with E-state index in [0.717, 1.165) is 14.0 Å². The highest BCUT2D eigenvalue weighted by molar-refractivity contribution is 14.1. The van der Waals surface area contributed by atoms with E-state index in [4.69, 9.17) is 17.3 Å². The van der Waals surface area contributed by atoms with Crippen LogP contribution in [0, 0.1) is 9.39 Å². The molecule has 2 rings (SSSR count). The Bertz CT molecular complexity index is 514. The molecular formula is C11H8ClFINS. The van der Waals surface area contributed by atoms with Gasteiger partial charge in [0.2, 0.25) is 0 Å². The van der Waals surface area contributed by atoms with Crippen molar-refractivity contribution in [2.24, 2.45) is 5.73 Å². The minimum atomic E-state index is -0.292. The van der Waals surface area contributed by atoms with Crippen molar-refractivity contribution in [3.05, 3.63) is 54.5 Å². The second-order valence-corrected chi connectivity index (χ2v) is 5.79. The van der Waals surface area contributed by atoms with E-state index < -0.39 is 0 Å². The van der Waals surface area contributed by atoms with Gasteiger partial charge in [-0.25, -0.2) is 4.39 Å². The van der Waals surface area contributed by atoms with Gasteiger partial charge in [0.15, 0.2) is 0 Å². The summed E-state index contributed by atoms with van der Waals surface area (Å²) in [6.07, 6.45) is 0. The third-order valence-electron chi connectivity index (χ3n) is 2.22. The summed E-state index contributed by atoms with van der Waals surface area (Å²) in [4.78, 5) is 0.909. The normalized spacial score (nSPS) is 12.8. The Labute approximate surface area is 116 Å². The highest BCUT2D eigenvalue weighted by Crippen LogP contribution is 2.33. The molecule has 1 atom stereocenters. The molecule has 0 bridgehead atoms. The largest absolute Gasteiger partial charge is 0.320 e. The lowest BCUT2D eigenvalue weighted by atomic mass is 10.1. The lowest BCUT2D eigenvalue weighted by molar-refractivity contribution is 0.625. The molecule has 1 unspecified atom stereocenters. The van der Waals surface area contributed by atoms with E-state index in [0.29, 0.717) is 5.02 Å². The summed E-state index contributed by atoms with van der Waals surface area (Å²) in [6.45, 7) is 0. The smallest absolute Gasteiger partial charge is 0.124 e. The van der Waals surface area contributed by atoms with Gasteiger partial charge < -0.3 is 5.73 Å². The van der Waals surface area contributed by atoms with E-state index in [1.165, 1.54) is 23.5 Å².